The van der Waals surface area contributed by atoms with Crippen molar-refractivity contribution in [2.75, 3.05) is 11.9 Å². The van der Waals surface area contributed by atoms with E-state index in [1.54, 1.807) is 0 Å². The minimum Gasteiger partial charge on any atom is -0.333 e. The van der Waals surface area contributed by atoms with Crippen LogP contribution in [0.25, 0.3) is 10.8 Å². The number of carbonyl (C=O) groups excluding carboxylic acids is 1. The van der Waals surface area contributed by atoms with Crippen LogP contribution in [-0.4, -0.2) is 12.6 Å². The average Bonchev–Trinajstić information content (AvgIpc) is 2.37. The standard InChI is InChI=1S/C14H13BrN2O/c1-10(15)9-16-14(18)17-13-8-4-6-11-5-2-3-7-12(11)13/h2-8H,1,9H2,(H2,16,17,18). The third kappa shape index (κ3) is 3.11. The number of amides is 2. The van der Waals surface area contributed by atoms with Crippen LogP contribution in [0.1, 0.15) is 0 Å². The van der Waals surface area contributed by atoms with E-state index >= 15 is 0 Å². The Morgan fingerprint density at radius 1 is 1.17 bits per heavy atom. The Kier molecular flexibility index (Phi) is 3.99. The Labute approximate surface area is 114 Å². The largest absolute Gasteiger partial charge is 0.333 e. The van der Waals surface area contributed by atoms with E-state index in [2.05, 4.69) is 33.1 Å². The Hall–Kier alpha value is -1.81. The molecule has 0 aliphatic carbocycles. The van der Waals surface area contributed by atoms with Crippen molar-refractivity contribution in [3.8, 4) is 0 Å². The fourth-order valence-corrected chi connectivity index (χ4v) is 1.82. The molecule has 18 heavy (non-hydrogen) atoms. The summed E-state index contributed by atoms with van der Waals surface area (Å²) in [6.07, 6.45) is 0. The molecular weight excluding hydrogens is 292 g/mol. The van der Waals surface area contributed by atoms with Gasteiger partial charge in [-0.05, 0) is 11.5 Å². The lowest BCUT2D eigenvalue weighted by atomic mass is 10.1. The first-order chi connectivity index (χ1) is 8.66. The molecule has 0 unspecified atom stereocenters. The summed E-state index contributed by atoms with van der Waals surface area (Å²) in [6.45, 7) is 4.06. The number of benzene rings is 2. The fraction of sp³-hybridized carbons (Fsp3) is 0.0714. The SMILES string of the molecule is C=C(Br)CNC(=O)Nc1cccc2ccccc12. The van der Waals surface area contributed by atoms with Gasteiger partial charge in [0.15, 0.2) is 0 Å². The number of hydrogen-bond acceptors (Lipinski definition) is 1. The van der Waals surface area contributed by atoms with Gasteiger partial charge in [-0.3, -0.25) is 0 Å². The Morgan fingerprint density at radius 2 is 1.89 bits per heavy atom. The minimum absolute atomic E-state index is 0.244. The molecule has 0 radical (unpaired) electrons. The molecule has 2 rings (SSSR count). The van der Waals surface area contributed by atoms with Crippen LogP contribution in [0.15, 0.2) is 53.5 Å². The van der Waals surface area contributed by atoms with Gasteiger partial charge < -0.3 is 10.6 Å². The summed E-state index contributed by atoms with van der Waals surface area (Å²) in [6, 6.07) is 13.5. The number of rotatable bonds is 3. The van der Waals surface area contributed by atoms with Crippen molar-refractivity contribution in [1.29, 1.82) is 0 Å². The molecule has 0 atom stereocenters. The second-order valence-electron chi connectivity index (χ2n) is 3.85. The number of nitrogens with one attached hydrogen (secondary N) is 2. The summed E-state index contributed by atoms with van der Waals surface area (Å²) in [5, 5.41) is 7.65. The smallest absolute Gasteiger partial charge is 0.319 e. The molecule has 2 amide bonds. The minimum atomic E-state index is -0.244. The van der Waals surface area contributed by atoms with Gasteiger partial charge in [-0.15, -0.1) is 0 Å². The molecule has 4 heteroatoms. The summed E-state index contributed by atoms with van der Waals surface area (Å²) in [5.41, 5.74) is 0.797. The van der Waals surface area contributed by atoms with Gasteiger partial charge in [-0.1, -0.05) is 58.9 Å². The van der Waals surface area contributed by atoms with Crippen molar-refractivity contribution >= 4 is 38.4 Å². The third-order valence-electron chi connectivity index (χ3n) is 2.48. The van der Waals surface area contributed by atoms with Gasteiger partial charge in [0.1, 0.15) is 0 Å². The van der Waals surface area contributed by atoms with Crippen LogP contribution in [0.2, 0.25) is 0 Å². The number of hydrogen-bond donors (Lipinski definition) is 2. The highest BCUT2D eigenvalue weighted by molar-refractivity contribution is 9.11. The predicted molar refractivity (Wildman–Crippen MR) is 79.0 cm³/mol. The zero-order valence-corrected chi connectivity index (χ0v) is 11.3. The van der Waals surface area contributed by atoms with E-state index in [1.807, 2.05) is 42.5 Å². The van der Waals surface area contributed by atoms with E-state index in [-0.39, 0.29) is 6.03 Å². The maximum absolute atomic E-state index is 11.7. The first-order valence-corrected chi connectivity index (χ1v) is 6.32. The van der Waals surface area contributed by atoms with Gasteiger partial charge in [0.25, 0.3) is 0 Å². The number of urea groups is 1. The lowest BCUT2D eigenvalue weighted by Gasteiger charge is -2.09. The number of halogens is 1. The van der Waals surface area contributed by atoms with Crippen LogP contribution >= 0.6 is 15.9 Å². The molecule has 2 N–H and O–H groups in total. The monoisotopic (exact) mass is 304 g/mol. The topological polar surface area (TPSA) is 41.1 Å². The number of anilines is 1. The molecule has 92 valence electrons. The molecule has 2 aromatic rings. The van der Waals surface area contributed by atoms with Gasteiger partial charge in [0, 0.05) is 9.87 Å². The second kappa shape index (κ2) is 5.69. The van der Waals surface area contributed by atoms with E-state index in [0.717, 1.165) is 20.9 Å². The molecule has 0 bridgehead atoms. The fourth-order valence-electron chi connectivity index (χ4n) is 1.68. The summed E-state index contributed by atoms with van der Waals surface area (Å²) >= 11 is 3.19. The molecule has 0 aromatic heterocycles. The molecule has 0 fully saturated rings. The van der Waals surface area contributed by atoms with Crippen molar-refractivity contribution < 1.29 is 4.79 Å². The maximum Gasteiger partial charge on any atom is 0.319 e. The van der Waals surface area contributed by atoms with Crippen LogP contribution in [0, 0.1) is 0 Å². The van der Waals surface area contributed by atoms with Crippen molar-refractivity contribution in [3.63, 3.8) is 0 Å². The van der Waals surface area contributed by atoms with Gasteiger partial charge in [0.2, 0.25) is 0 Å². The molecular formula is C14H13BrN2O. The van der Waals surface area contributed by atoms with Crippen molar-refractivity contribution in [1.82, 2.24) is 5.32 Å². The maximum atomic E-state index is 11.7. The summed E-state index contributed by atoms with van der Waals surface area (Å²) < 4.78 is 0.732. The van der Waals surface area contributed by atoms with E-state index in [1.165, 1.54) is 0 Å². The molecule has 0 spiro atoms. The van der Waals surface area contributed by atoms with Gasteiger partial charge in [-0.25, -0.2) is 4.79 Å². The first-order valence-electron chi connectivity index (χ1n) is 5.53. The average molecular weight is 305 g/mol. The quantitative estimate of drug-likeness (QED) is 0.888. The van der Waals surface area contributed by atoms with E-state index in [0.29, 0.717) is 6.54 Å². The lowest BCUT2D eigenvalue weighted by molar-refractivity contribution is 0.253. The van der Waals surface area contributed by atoms with Gasteiger partial charge in [-0.2, -0.15) is 0 Å². The van der Waals surface area contributed by atoms with E-state index < -0.39 is 0 Å². The van der Waals surface area contributed by atoms with Crippen molar-refractivity contribution in [2.24, 2.45) is 0 Å². The van der Waals surface area contributed by atoms with E-state index in [9.17, 15) is 4.79 Å². The zero-order chi connectivity index (χ0) is 13.0. The molecule has 0 saturated carbocycles. The van der Waals surface area contributed by atoms with E-state index in [4.69, 9.17) is 0 Å². The van der Waals surface area contributed by atoms with Crippen molar-refractivity contribution in [2.45, 2.75) is 0 Å². The number of carbonyl (C=O) groups is 1. The summed E-state index contributed by atoms with van der Waals surface area (Å²) in [7, 11) is 0. The molecule has 3 nitrogen and oxygen atoms in total. The van der Waals surface area contributed by atoms with Crippen LogP contribution in [0.4, 0.5) is 10.5 Å². The van der Waals surface area contributed by atoms with Crippen LogP contribution in [-0.2, 0) is 0 Å². The molecule has 2 aromatic carbocycles. The molecule has 0 heterocycles. The summed E-state index contributed by atoms with van der Waals surface area (Å²) in [5.74, 6) is 0. The van der Waals surface area contributed by atoms with Gasteiger partial charge in [0.05, 0.1) is 12.2 Å². The van der Waals surface area contributed by atoms with Gasteiger partial charge >= 0.3 is 6.03 Å². The summed E-state index contributed by atoms with van der Waals surface area (Å²) in [4.78, 5) is 11.7. The molecule has 0 aliphatic heterocycles. The number of fused-ring (bicyclic) bond motifs is 1. The highest BCUT2D eigenvalue weighted by atomic mass is 79.9. The molecule has 0 saturated heterocycles. The zero-order valence-electron chi connectivity index (χ0n) is 9.74. The second-order valence-corrected chi connectivity index (χ2v) is 4.97. The van der Waals surface area contributed by atoms with Crippen LogP contribution in [0.3, 0.4) is 0 Å². The Morgan fingerprint density at radius 3 is 2.67 bits per heavy atom. The highest BCUT2D eigenvalue weighted by Gasteiger charge is 2.04. The molecule has 0 aliphatic rings. The van der Waals surface area contributed by atoms with Crippen molar-refractivity contribution in [3.05, 3.63) is 53.5 Å². The lowest BCUT2D eigenvalue weighted by Crippen LogP contribution is -2.29. The van der Waals surface area contributed by atoms with Crippen LogP contribution < -0.4 is 10.6 Å². The Bertz CT molecular complexity index is 590. The predicted octanol–water partition coefficient (Wildman–Crippen LogP) is 3.87. The first kappa shape index (κ1) is 12.6. The third-order valence-corrected chi connectivity index (χ3v) is 2.76. The highest BCUT2D eigenvalue weighted by Crippen LogP contribution is 2.22. The Balaban J connectivity index is 2.16. The normalized spacial score (nSPS) is 10.1. The van der Waals surface area contributed by atoms with Crippen LogP contribution in [0.5, 0.6) is 0 Å².